The van der Waals surface area contributed by atoms with Crippen molar-refractivity contribution in [2.45, 2.75) is 19.9 Å². The number of carbonyl (C=O) groups is 1. The third-order valence-electron chi connectivity index (χ3n) is 2.93. The van der Waals surface area contributed by atoms with Gasteiger partial charge in [0, 0.05) is 24.5 Å². The first-order valence-corrected chi connectivity index (χ1v) is 6.90. The van der Waals surface area contributed by atoms with Crippen LogP contribution in [0.15, 0.2) is 36.5 Å². The Morgan fingerprint density at radius 1 is 1.38 bits per heavy atom. The van der Waals surface area contributed by atoms with E-state index in [1.54, 1.807) is 29.1 Å². The number of hydrogen-bond donors (Lipinski definition) is 2. The molecule has 1 heterocycles. The van der Waals surface area contributed by atoms with Gasteiger partial charge in [0.15, 0.2) is 5.69 Å². The Hall–Kier alpha value is -2.34. The molecule has 0 radical (unpaired) electrons. The molecule has 1 unspecified atom stereocenters. The molecule has 2 aromatic rings. The molecule has 0 saturated carbocycles. The van der Waals surface area contributed by atoms with Gasteiger partial charge in [0.1, 0.15) is 0 Å². The number of nitrogens with one attached hydrogen (secondary N) is 1. The van der Waals surface area contributed by atoms with Crippen molar-refractivity contribution in [1.29, 1.82) is 0 Å². The van der Waals surface area contributed by atoms with Gasteiger partial charge >= 0.3 is 0 Å². The minimum atomic E-state index is -0.212. The summed E-state index contributed by atoms with van der Waals surface area (Å²) in [4.78, 5) is 12.1. The fourth-order valence-corrected chi connectivity index (χ4v) is 1.85. The first kappa shape index (κ1) is 15.1. The molecule has 0 aliphatic carbocycles. The molecule has 0 aliphatic heterocycles. The molecule has 1 aromatic heterocycles. The van der Waals surface area contributed by atoms with E-state index < -0.39 is 0 Å². The third-order valence-corrected chi connectivity index (χ3v) is 2.93. The summed E-state index contributed by atoms with van der Waals surface area (Å²) in [6.07, 6.45) is 1.74. The van der Waals surface area contributed by atoms with Crippen molar-refractivity contribution < 1.29 is 9.53 Å². The second-order valence-electron chi connectivity index (χ2n) is 4.77. The molecule has 6 heteroatoms. The zero-order valence-electron chi connectivity index (χ0n) is 12.2. The lowest BCUT2D eigenvalue weighted by molar-refractivity contribution is 0.0867. The summed E-state index contributed by atoms with van der Waals surface area (Å²) in [7, 11) is 0. The van der Waals surface area contributed by atoms with Crippen LogP contribution in [-0.4, -0.2) is 34.9 Å². The van der Waals surface area contributed by atoms with Gasteiger partial charge in [-0.05, 0) is 44.2 Å². The van der Waals surface area contributed by atoms with E-state index in [1.807, 2.05) is 26.0 Å². The molecule has 1 amide bonds. The maximum Gasteiger partial charge on any atom is 0.272 e. The van der Waals surface area contributed by atoms with Gasteiger partial charge < -0.3 is 15.8 Å². The van der Waals surface area contributed by atoms with E-state index in [0.29, 0.717) is 24.6 Å². The van der Waals surface area contributed by atoms with Crippen LogP contribution in [0.1, 0.15) is 24.3 Å². The minimum Gasteiger partial charge on any atom is -0.399 e. The predicted octanol–water partition coefficient (Wildman–Crippen LogP) is 1.61. The second kappa shape index (κ2) is 6.90. The lowest BCUT2D eigenvalue weighted by Crippen LogP contribution is -2.36. The van der Waals surface area contributed by atoms with Gasteiger partial charge in [-0.2, -0.15) is 5.10 Å². The van der Waals surface area contributed by atoms with Crippen LogP contribution in [0.4, 0.5) is 5.69 Å². The highest BCUT2D eigenvalue weighted by Gasteiger charge is 2.13. The molecule has 6 nitrogen and oxygen atoms in total. The molecule has 3 N–H and O–H groups in total. The van der Waals surface area contributed by atoms with E-state index >= 15 is 0 Å². The van der Waals surface area contributed by atoms with Crippen LogP contribution in [0.3, 0.4) is 0 Å². The minimum absolute atomic E-state index is 0.0564. The number of carbonyl (C=O) groups excluding carboxylic acids is 1. The van der Waals surface area contributed by atoms with E-state index in [9.17, 15) is 4.79 Å². The summed E-state index contributed by atoms with van der Waals surface area (Å²) in [5.74, 6) is -0.212. The van der Waals surface area contributed by atoms with Crippen molar-refractivity contribution in [2.24, 2.45) is 0 Å². The number of hydrogen-bond acceptors (Lipinski definition) is 4. The van der Waals surface area contributed by atoms with Crippen LogP contribution in [0.25, 0.3) is 5.69 Å². The fraction of sp³-hybridized carbons (Fsp3) is 0.333. The molecule has 0 bridgehead atoms. The number of benzene rings is 1. The van der Waals surface area contributed by atoms with E-state index in [1.165, 1.54) is 0 Å². The van der Waals surface area contributed by atoms with Crippen molar-refractivity contribution in [3.63, 3.8) is 0 Å². The number of amides is 1. The summed E-state index contributed by atoms with van der Waals surface area (Å²) in [6.45, 7) is 4.93. The van der Waals surface area contributed by atoms with E-state index in [4.69, 9.17) is 10.5 Å². The van der Waals surface area contributed by atoms with Crippen molar-refractivity contribution in [2.75, 3.05) is 18.9 Å². The Balaban J connectivity index is 2.02. The maximum atomic E-state index is 12.1. The Kier molecular flexibility index (Phi) is 4.94. The highest BCUT2D eigenvalue weighted by molar-refractivity contribution is 5.92. The Morgan fingerprint density at radius 3 is 2.76 bits per heavy atom. The fourth-order valence-electron chi connectivity index (χ4n) is 1.85. The van der Waals surface area contributed by atoms with Crippen LogP contribution < -0.4 is 11.1 Å². The summed E-state index contributed by atoms with van der Waals surface area (Å²) in [5, 5.41) is 7.11. The molecule has 2 rings (SSSR count). The van der Waals surface area contributed by atoms with Crippen LogP contribution in [-0.2, 0) is 4.74 Å². The quantitative estimate of drug-likeness (QED) is 0.791. The summed E-state index contributed by atoms with van der Waals surface area (Å²) < 4.78 is 6.91. The van der Waals surface area contributed by atoms with Gasteiger partial charge in [-0.15, -0.1) is 0 Å². The van der Waals surface area contributed by atoms with Crippen molar-refractivity contribution in [1.82, 2.24) is 15.1 Å². The summed E-state index contributed by atoms with van der Waals surface area (Å²) in [5.41, 5.74) is 7.56. The van der Waals surface area contributed by atoms with E-state index in [-0.39, 0.29) is 11.9 Å². The molecule has 21 heavy (non-hydrogen) atoms. The molecule has 0 fully saturated rings. The Labute approximate surface area is 123 Å². The number of ether oxygens (including phenoxy) is 1. The van der Waals surface area contributed by atoms with Gasteiger partial charge in [0.25, 0.3) is 5.91 Å². The van der Waals surface area contributed by atoms with Crippen molar-refractivity contribution in [3.05, 3.63) is 42.2 Å². The standard InChI is InChI=1S/C15H20N4O2/c1-3-21-10-11(2)17-15(20)14-8-9-19(18-14)13-6-4-12(16)5-7-13/h4-9,11H,3,10,16H2,1-2H3,(H,17,20). The Bertz CT molecular complexity index is 592. The van der Waals surface area contributed by atoms with Gasteiger partial charge in [-0.3, -0.25) is 4.79 Å². The molecular formula is C15H20N4O2. The average Bonchev–Trinajstić information content (AvgIpc) is 2.96. The maximum absolute atomic E-state index is 12.1. The third kappa shape index (κ3) is 4.06. The van der Waals surface area contributed by atoms with E-state index in [0.717, 1.165) is 5.69 Å². The topological polar surface area (TPSA) is 82.2 Å². The van der Waals surface area contributed by atoms with Gasteiger partial charge in [0.2, 0.25) is 0 Å². The lowest BCUT2D eigenvalue weighted by Gasteiger charge is -2.12. The summed E-state index contributed by atoms with van der Waals surface area (Å²) in [6, 6.07) is 8.91. The van der Waals surface area contributed by atoms with Gasteiger partial charge in [-0.25, -0.2) is 4.68 Å². The molecule has 112 valence electrons. The van der Waals surface area contributed by atoms with Gasteiger partial charge in [-0.1, -0.05) is 0 Å². The number of aromatic nitrogens is 2. The van der Waals surface area contributed by atoms with Gasteiger partial charge in [0.05, 0.1) is 12.3 Å². The SMILES string of the molecule is CCOCC(C)NC(=O)c1ccn(-c2ccc(N)cc2)n1. The summed E-state index contributed by atoms with van der Waals surface area (Å²) >= 11 is 0. The number of nitrogen functional groups attached to an aromatic ring is 1. The average molecular weight is 288 g/mol. The molecule has 0 spiro atoms. The van der Waals surface area contributed by atoms with Crippen molar-refractivity contribution >= 4 is 11.6 Å². The predicted molar refractivity (Wildman–Crippen MR) is 81.4 cm³/mol. The molecule has 1 aromatic carbocycles. The largest absolute Gasteiger partial charge is 0.399 e. The highest BCUT2D eigenvalue weighted by Crippen LogP contribution is 2.10. The molecule has 1 atom stereocenters. The monoisotopic (exact) mass is 288 g/mol. The number of anilines is 1. The molecular weight excluding hydrogens is 268 g/mol. The zero-order valence-corrected chi connectivity index (χ0v) is 12.2. The number of rotatable bonds is 6. The normalized spacial score (nSPS) is 12.1. The second-order valence-corrected chi connectivity index (χ2v) is 4.77. The number of nitrogens with zero attached hydrogens (tertiary/aromatic N) is 2. The van der Waals surface area contributed by atoms with Crippen LogP contribution in [0, 0.1) is 0 Å². The van der Waals surface area contributed by atoms with Crippen LogP contribution in [0.2, 0.25) is 0 Å². The molecule has 0 aliphatic rings. The van der Waals surface area contributed by atoms with Crippen molar-refractivity contribution in [3.8, 4) is 5.69 Å². The first-order valence-electron chi connectivity index (χ1n) is 6.90. The highest BCUT2D eigenvalue weighted by atomic mass is 16.5. The zero-order chi connectivity index (χ0) is 15.2. The molecule has 0 saturated heterocycles. The van der Waals surface area contributed by atoms with Crippen LogP contribution in [0.5, 0.6) is 0 Å². The lowest BCUT2D eigenvalue weighted by atomic mass is 10.3. The first-order chi connectivity index (χ1) is 10.1. The van der Waals surface area contributed by atoms with Crippen LogP contribution >= 0.6 is 0 Å². The Morgan fingerprint density at radius 2 is 2.10 bits per heavy atom. The van der Waals surface area contributed by atoms with E-state index in [2.05, 4.69) is 10.4 Å². The number of nitrogens with two attached hydrogens (primary N) is 1. The smallest absolute Gasteiger partial charge is 0.272 e.